The van der Waals surface area contributed by atoms with Gasteiger partial charge in [-0.15, -0.1) is 0 Å². The van der Waals surface area contributed by atoms with Gasteiger partial charge in [0, 0.05) is 17.3 Å². The van der Waals surface area contributed by atoms with Gasteiger partial charge < -0.3 is 16.4 Å². The first kappa shape index (κ1) is 18.9. The fourth-order valence-electron chi connectivity index (χ4n) is 2.92. The number of nitrogens with two attached hydrogens (primary N) is 1. The fourth-order valence-corrected chi connectivity index (χ4v) is 2.92. The maximum atomic E-state index is 12.8. The van der Waals surface area contributed by atoms with Crippen LogP contribution in [0.5, 0.6) is 0 Å². The molecule has 9 heteroatoms. The molecule has 4 aromatic rings. The highest BCUT2D eigenvalue weighted by Crippen LogP contribution is 2.22. The molecule has 0 unspecified atom stereocenters. The number of nitrogens with one attached hydrogen (secondary N) is 3. The highest BCUT2D eigenvalue weighted by atomic mass is 16.2. The smallest absolute Gasteiger partial charge is 0.261 e. The summed E-state index contributed by atoms with van der Waals surface area (Å²) in [6.07, 6.45) is 2.96. The number of aromatic amines is 1. The first-order valence-corrected chi connectivity index (χ1v) is 9.14. The highest BCUT2D eigenvalue weighted by Gasteiger charge is 2.18. The lowest BCUT2D eigenvalue weighted by Gasteiger charge is -2.11. The van der Waals surface area contributed by atoms with E-state index < -0.39 is 5.91 Å². The molecule has 0 aliphatic heterocycles. The van der Waals surface area contributed by atoms with Crippen molar-refractivity contribution < 1.29 is 9.59 Å². The Morgan fingerprint density at radius 3 is 2.57 bits per heavy atom. The van der Waals surface area contributed by atoms with E-state index in [-0.39, 0.29) is 17.3 Å². The van der Waals surface area contributed by atoms with Crippen LogP contribution in [-0.2, 0) is 0 Å². The van der Waals surface area contributed by atoms with Crippen molar-refractivity contribution in [1.82, 2.24) is 20.0 Å². The third-order valence-electron chi connectivity index (χ3n) is 4.55. The Balaban J connectivity index is 1.55. The Bertz CT molecular complexity index is 1200. The zero-order chi connectivity index (χ0) is 21.1. The van der Waals surface area contributed by atoms with Crippen LogP contribution in [0.4, 0.5) is 17.3 Å². The number of nitrogen functional groups attached to an aromatic ring is 1. The normalized spacial score (nSPS) is 10.6. The largest absolute Gasteiger partial charge is 0.383 e. The molecule has 0 aliphatic carbocycles. The third kappa shape index (κ3) is 3.76. The van der Waals surface area contributed by atoms with E-state index in [0.29, 0.717) is 17.1 Å². The third-order valence-corrected chi connectivity index (χ3v) is 4.55. The molecule has 0 saturated carbocycles. The maximum Gasteiger partial charge on any atom is 0.261 e. The van der Waals surface area contributed by atoms with Crippen molar-refractivity contribution in [2.75, 3.05) is 16.4 Å². The van der Waals surface area contributed by atoms with Crippen molar-refractivity contribution in [2.24, 2.45) is 0 Å². The van der Waals surface area contributed by atoms with E-state index in [4.69, 9.17) is 5.73 Å². The van der Waals surface area contributed by atoms with Gasteiger partial charge >= 0.3 is 0 Å². The number of para-hydroxylation sites is 1. The van der Waals surface area contributed by atoms with Gasteiger partial charge in [-0.1, -0.05) is 24.3 Å². The molecule has 0 aliphatic rings. The Kier molecular flexibility index (Phi) is 5.00. The quantitative estimate of drug-likeness (QED) is 0.408. The summed E-state index contributed by atoms with van der Waals surface area (Å²) in [7, 11) is 0. The Morgan fingerprint density at radius 1 is 1.03 bits per heavy atom. The van der Waals surface area contributed by atoms with Crippen molar-refractivity contribution in [1.29, 1.82) is 0 Å². The topological polar surface area (TPSA) is 131 Å². The molecule has 9 nitrogen and oxygen atoms in total. The maximum absolute atomic E-state index is 12.8. The standard InChI is InChI=1S/C21H19N7O2/c1-13-7-8-14(20(29)26-18-9-10-23-27-18)11-17(13)25-21(30)16-12-24-28(19(16)22)15-5-3-2-4-6-15/h2-12H,22H2,1H3,(H,25,30)(H2,23,26,27,29). The Morgan fingerprint density at radius 2 is 1.83 bits per heavy atom. The zero-order valence-electron chi connectivity index (χ0n) is 16.1. The summed E-state index contributed by atoms with van der Waals surface area (Å²) in [6.45, 7) is 1.84. The van der Waals surface area contributed by atoms with E-state index in [0.717, 1.165) is 11.3 Å². The summed E-state index contributed by atoms with van der Waals surface area (Å²) >= 11 is 0. The number of nitrogens with zero attached hydrogens (tertiary/aromatic N) is 3. The number of H-pyrrole nitrogens is 1. The average molecular weight is 401 g/mol. The van der Waals surface area contributed by atoms with Gasteiger partial charge in [0.1, 0.15) is 17.2 Å². The van der Waals surface area contributed by atoms with Crippen LogP contribution in [0.3, 0.4) is 0 Å². The van der Waals surface area contributed by atoms with E-state index >= 15 is 0 Å². The van der Waals surface area contributed by atoms with Crippen LogP contribution in [0.2, 0.25) is 0 Å². The lowest BCUT2D eigenvalue weighted by molar-refractivity contribution is 0.101. The second-order valence-electron chi connectivity index (χ2n) is 6.60. The Labute approximate surface area is 171 Å². The van der Waals surface area contributed by atoms with E-state index in [9.17, 15) is 9.59 Å². The first-order valence-electron chi connectivity index (χ1n) is 9.14. The molecule has 0 fully saturated rings. The minimum absolute atomic E-state index is 0.226. The molecular weight excluding hydrogens is 382 g/mol. The molecule has 2 aromatic heterocycles. The summed E-state index contributed by atoms with van der Waals surface area (Å²) in [6, 6.07) is 16.0. The van der Waals surface area contributed by atoms with Crippen LogP contribution in [-0.4, -0.2) is 31.8 Å². The van der Waals surface area contributed by atoms with E-state index in [1.807, 2.05) is 37.3 Å². The van der Waals surface area contributed by atoms with Crippen LogP contribution in [0.15, 0.2) is 67.0 Å². The lowest BCUT2D eigenvalue weighted by Crippen LogP contribution is -2.16. The molecule has 4 rings (SSSR count). The predicted octanol–water partition coefficient (Wildman–Crippen LogP) is 2.99. The van der Waals surface area contributed by atoms with Crippen molar-refractivity contribution >= 4 is 29.1 Å². The van der Waals surface area contributed by atoms with Crippen LogP contribution < -0.4 is 16.4 Å². The number of rotatable bonds is 5. The van der Waals surface area contributed by atoms with E-state index in [1.165, 1.54) is 17.1 Å². The van der Waals surface area contributed by atoms with Crippen molar-refractivity contribution in [3.8, 4) is 5.69 Å². The summed E-state index contributed by atoms with van der Waals surface area (Å²) in [5, 5.41) is 16.2. The van der Waals surface area contributed by atoms with Crippen molar-refractivity contribution in [3.63, 3.8) is 0 Å². The molecule has 2 amide bonds. The number of benzene rings is 2. The predicted molar refractivity (Wildman–Crippen MR) is 114 cm³/mol. The molecule has 2 aromatic carbocycles. The number of carbonyl (C=O) groups is 2. The van der Waals surface area contributed by atoms with Gasteiger partial charge in [0.05, 0.1) is 18.1 Å². The summed E-state index contributed by atoms with van der Waals surface area (Å²) < 4.78 is 1.50. The second-order valence-corrected chi connectivity index (χ2v) is 6.60. The molecule has 0 spiro atoms. The van der Waals surface area contributed by atoms with Crippen LogP contribution >= 0.6 is 0 Å². The van der Waals surface area contributed by atoms with Crippen molar-refractivity contribution in [3.05, 3.63) is 83.7 Å². The van der Waals surface area contributed by atoms with Crippen molar-refractivity contribution in [2.45, 2.75) is 6.92 Å². The lowest BCUT2D eigenvalue weighted by atomic mass is 10.1. The van der Waals surface area contributed by atoms with Gasteiger partial charge in [0.2, 0.25) is 0 Å². The molecule has 0 radical (unpaired) electrons. The zero-order valence-corrected chi connectivity index (χ0v) is 16.1. The van der Waals surface area contributed by atoms with Gasteiger partial charge in [-0.05, 0) is 36.8 Å². The highest BCUT2D eigenvalue weighted by molar-refractivity contribution is 6.09. The van der Waals surface area contributed by atoms with E-state index in [2.05, 4.69) is 25.9 Å². The number of hydrogen-bond acceptors (Lipinski definition) is 5. The van der Waals surface area contributed by atoms with Crippen LogP contribution in [0.1, 0.15) is 26.3 Å². The van der Waals surface area contributed by atoms with Gasteiger partial charge in [-0.3, -0.25) is 14.7 Å². The van der Waals surface area contributed by atoms with Gasteiger partial charge in [-0.2, -0.15) is 10.2 Å². The monoisotopic (exact) mass is 401 g/mol. The van der Waals surface area contributed by atoms with Crippen LogP contribution in [0.25, 0.3) is 5.69 Å². The number of carbonyl (C=O) groups excluding carboxylic acids is 2. The SMILES string of the molecule is Cc1ccc(C(=O)Nc2ccn[nH]2)cc1NC(=O)c1cnn(-c2ccccc2)c1N. The minimum atomic E-state index is -0.413. The van der Waals surface area contributed by atoms with Gasteiger partial charge in [-0.25, -0.2) is 4.68 Å². The molecule has 30 heavy (non-hydrogen) atoms. The number of aryl methyl sites for hydroxylation is 1. The van der Waals surface area contributed by atoms with E-state index in [1.54, 1.807) is 24.3 Å². The van der Waals surface area contributed by atoms with Crippen LogP contribution in [0, 0.1) is 6.92 Å². The molecule has 0 atom stereocenters. The molecule has 5 N–H and O–H groups in total. The fraction of sp³-hybridized carbons (Fsp3) is 0.0476. The average Bonchev–Trinajstić information content (AvgIpc) is 3.39. The van der Waals surface area contributed by atoms with Gasteiger partial charge in [0.25, 0.3) is 11.8 Å². The molecular formula is C21H19N7O2. The Hall–Kier alpha value is -4.40. The first-order chi connectivity index (χ1) is 14.5. The summed E-state index contributed by atoms with van der Waals surface area (Å²) in [4.78, 5) is 25.3. The number of aromatic nitrogens is 4. The number of amides is 2. The number of hydrogen-bond donors (Lipinski definition) is 4. The van der Waals surface area contributed by atoms with Gasteiger partial charge in [0.15, 0.2) is 0 Å². The number of anilines is 3. The summed E-state index contributed by atoms with van der Waals surface area (Å²) in [5.74, 6) is -0.0353. The molecule has 150 valence electrons. The molecule has 0 bridgehead atoms. The minimum Gasteiger partial charge on any atom is -0.383 e. The second kappa shape index (κ2) is 7.92. The molecule has 0 saturated heterocycles. The summed E-state index contributed by atoms with van der Waals surface area (Å²) in [5.41, 5.74) is 8.83. The molecule has 2 heterocycles.